The van der Waals surface area contributed by atoms with Crippen LogP contribution in [0.15, 0.2) is 36.4 Å². The van der Waals surface area contributed by atoms with Crippen molar-refractivity contribution in [2.45, 2.75) is 0 Å². The number of hydrogen-bond acceptors (Lipinski definition) is 3. The Kier molecular flexibility index (Phi) is 3.84. The molecule has 0 radical (unpaired) electrons. The molecule has 0 saturated heterocycles. The highest BCUT2D eigenvalue weighted by Crippen LogP contribution is 2.26. The van der Waals surface area contributed by atoms with Gasteiger partial charge in [-0.1, -0.05) is 0 Å². The zero-order valence-electron chi connectivity index (χ0n) is 10.7. The van der Waals surface area contributed by atoms with Gasteiger partial charge in [0.05, 0.1) is 17.1 Å². The van der Waals surface area contributed by atoms with Crippen LogP contribution in [0, 0.1) is 11.6 Å². The first kappa shape index (κ1) is 13.8. The van der Waals surface area contributed by atoms with Gasteiger partial charge in [-0.15, -0.1) is 0 Å². The molecule has 6 heteroatoms. The maximum Gasteiger partial charge on any atom is 0.251 e. The predicted molar refractivity (Wildman–Crippen MR) is 73.9 cm³/mol. The Hall–Kier alpha value is -2.63. The molecule has 0 aromatic heterocycles. The molecule has 104 valence electrons. The number of halogens is 2. The third-order valence-electron chi connectivity index (χ3n) is 2.74. The lowest BCUT2D eigenvalue weighted by atomic mass is 10.1. The molecule has 2 rings (SSSR count). The lowest BCUT2D eigenvalue weighted by Crippen LogP contribution is -2.18. The van der Waals surface area contributed by atoms with E-state index in [9.17, 15) is 13.6 Å². The average molecular weight is 277 g/mol. The van der Waals surface area contributed by atoms with Crippen LogP contribution in [0.2, 0.25) is 0 Å². The first-order valence-corrected chi connectivity index (χ1v) is 5.85. The van der Waals surface area contributed by atoms with Crippen molar-refractivity contribution in [2.75, 3.05) is 18.1 Å². The lowest BCUT2D eigenvalue weighted by Gasteiger charge is -2.11. The van der Waals surface area contributed by atoms with Crippen LogP contribution in [0.4, 0.5) is 25.8 Å². The Labute approximate surface area is 114 Å². The number of nitrogens with one attached hydrogen (secondary N) is 2. The van der Waals surface area contributed by atoms with Crippen LogP contribution in [0.3, 0.4) is 0 Å². The van der Waals surface area contributed by atoms with Gasteiger partial charge < -0.3 is 16.4 Å². The van der Waals surface area contributed by atoms with E-state index in [4.69, 9.17) is 5.73 Å². The molecule has 4 N–H and O–H groups in total. The summed E-state index contributed by atoms with van der Waals surface area (Å²) in [4.78, 5) is 11.5. The number of anilines is 3. The van der Waals surface area contributed by atoms with Crippen molar-refractivity contribution in [2.24, 2.45) is 0 Å². The van der Waals surface area contributed by atoms with Crippen LogP contribution in [0.25, 0.3) is 0 Å². The predicted octanol–water partition coefficient (Wildman–Crippen LogP) is 2.65. The first-order chi connectivity index (χ1) is 9.51. The quantitative estimate of drug-likeness (QED) is 0.755. The standard InChI is InChI=1S/C14H13F2N3O/c1-18-14(20)8-2-4-11(17)13(6-8)19-12-5-3-9(15)7-10(12)16/h2-7,19H,17H2,1H3,(H,18,20). The average Bonchev–Trinajstić information content (AvgIpc) is 2.43. The zero-order valence-corrected chi connectivity index (χ0v) is 10.7. The molecule has 1 amide bonds. The van der Waals surface area contributed by atoms with Crippen LogP contribution >= 0.6 is 0 Å². The molecule has 0 unspecified atom stereocenters. The molecule has 0 bridgehead atoms. The second kappa shape index (κ2) is 5.56. The number of carbonyl (C=O) groups excluding carboxylic acids is 1. The molecule has 20 heavy (non-hydrogen) atoms. The molecule has 0 atom stereocenters. The van der Waals surface area contributed by atoms with Gasteiger partial charge in [0.1, 0.15) is 11.6 Å². The van der Waals surface area contributed by atoms with Gasteiger partial charge in [-0.05, 0) is 30.3 Å². The Morgan fingerprint density at radius 1 is 1.10 bits per heavy atom. The van der Waals surface area contributed by atoms with Crippen LogP contribution in [0.5, 0.6) is 0 Å². The van der Waals surface area contributed by atoms with E-state index in [1.54, 1.807) is 6.07 Å². The van der Waals surface area contributed by atoms with E-state index < -0.39 is 11.6 Å². The van der Waals surface area contributed by atoms with Gasteiger partial charge in [0.15, 0.2) is 0 Å². The number of rotatable bonds is 3. The van der Waals surface area contributed by atoms with E-state index in [0.717, 1.165) is 12.1 Å². The maximum atomic E-state index is 13.6. The van der Waals surface area contributed by atoms with E-state index in [-0.39, 0.29) is 11.6 Å². The van der Waals surface area contributed by atoms with Crippen LogP contribution in [-0.4, -0.2) is 13.0 Å². The molecular weight excluding hydrogens is 264 g/mol. The van der Waals surface area contributed by atoms with Gasteiger partial charge in [-0.25, -0.2) is 8.78 Å². The van der Waals surface area contributed by atoms with E-state index in [1.807, 2.05) is 0 Å². The molecule has 0 fully saturated rings. The number of nitrogen functional groups attached to an aromatic ring is 1. The number of carbonyl (C=O) groups is 1. The van der Waals surface area contributed by atoms with Crippen molar-refractivity contribution in [3.63, 3.8) is 0 Å². The van der Waals surface area contributed by atoms with Gasteiger partial charge in [0.25, 0.3) is 5.91 Å². The van der Waals surface area contributed by atoms with Crippen molar-refractivity contribution < 1.29 is 13.6 Å². The molecule has 2 aromatic rings. The number of hydrogen-bond donors (Lipinski definition) is 3. The molecule has 0 aliphatic carbocycles. The highest BCUT2D eigenvalue weighted by molar-refractivity contribution is 5.96. The third-order valence-corrected chi connectivity index (χ3v) is 2.74. The van der Waals surface area contributed by atoms with Gasteiger partial charge in [0, 0.05) is 18.7 Å². The fourth-order valence-corrected chi connectivity index (χ4v) is 1.69. The lowest BCUT2D eigenvalue weighted by molar-refractivity contribution is 0.0963. The van der Waals surface area contributed by atoms with Gasteiger partial charge >= 0.3 is 0 Å². The topological polar surface area (TPSA) is 67.2 Å². The summed E-state index contributed by atoms with van der Waals surface area (Å²) in [6, 6.07) is 7.74. The second-order valence-electron chi connectivity index (χ2n) is 4.13. The van der Waals surface area contributed by atoms with E-state index in [2.05, 4.69) is 10.6 Å². The summed E-state index contributed by atoms with van der Waals surface area (Å²) in [6.45, 7) is 0. The highest BCUT2D eigenvalue weighted by Gasteiger charge is 2.09. The Balaban J connectivity index is 2.35. The monoisotopic (exact) mass is 277 g/mol. The third kappa shape index (κ3) is 2.85. The minimum Gasteiger partial charge on any atom is -0.397 e. The fraction of sp³-hybridized carbons (Fsp3) is 0.0714. The van der Waals surface area contributed by atoms with Crippen LogP contribution in [0.1, 0.15) is 10.4 Å². The minimum atomic E-state index is -0.741. The number of nitrogens with two attached hydrogens (primary N) is 1. The van der Waals surface area contributed by atoms with Crippen molar-refractivity contribution in [1.82, 2.24) is 5.32 Å². The highest BCUT2D eigenvalue weighted by atomic mass is 19.1. The molecule has 0 aliphatic rings. The molecule has 2 aromatic carbocycles. The molecule has 0 spiro atoms. The SMILES string of the molecule is CNC(=O)c1ccc(N)c(Nc2ccc(F)cc2F)c1. The van der Waals surface area contributed by atoms with Crippen molar-refractivity contribution in [1.29, 1.82) is 0 Å². The van der Waals surface area contributed by atoms with Crippen molar-refractivity contribution >= 4 is 23.0 Å². The summed E-state index contributed by atoms with van der Waals surface area (Å²) in [5.41, 5.74) is 6.95. The Morgan fingerprint density at radius 2 is 1.85 bits per heavy atom. The van der Waals surface area contributed by atoms with Gasteiger partial charge in [-0.3, -0.25) is 4.79 Å². The van der Waals surface area contributed by atoms with E-state index in [1.165, 1.54) is 25.2 Å². The van der Waals surface area contributed by atoms with Crippen LogP contribution < -0.4 is 16.4 Å². The molecule has 4 nitrogen and oxygen atoms in total. The Bertz CT molecular complexity index is 659. The second-order valence-corrected chi connectivity index (χ2v) is 4.13. The normalized spacial score (nSPS) is 10.2. The molecule has 0 heterocycles. The molecular formula is C14H13F2N3O. The Morgan fingerprint density at radius 3 is 2.50 bits per heavy atom. The largest absolute Gasteiger partial charge is 0.397 e. The number of benzene rings is 2. The van der Waals surface area contributed by atoms with Crippen molar-refractivity contribution in [3.8, 4) is 0 Å². The van der Waals surface area contributed by atoms with Crippen LogP contribution in [-0.2, 0) is 0 Å². The maximum absolute atomic E-state index is 13.6. The summed E-state index contributed by atoms with van der Waals surface area (Å²) in [5, 5.41) is 5.22. The minimum absolute atomic E-state index is 0.0761. The number of amides is 1. The summed E-state index contributed by atoms with van der Waals surface area (Å²) >= 11 is 0. The summed E-state index contributed by atoms with van der Waals surface area (Å²) < 4.78 is 26.4. The zero-order chi connectivity index (χ0) is 14.7. The van der Waals surface area contributed by atoms with Crippen molar-refractivity contribution in [3.05, 3.63) is 53.6 Å². The van der Waals surface area contributed by atoms with Gasteiger partial charge in [-0.2, -0.15) is 0 Å². The molecule has 0 saturated carbocycles. The molecule has 0 aliphatic heterocycles. The summed E-state index contributed by atoms with van der Waals surface area (Å²) in [6.07, 6.45) is 0. The first-order valence-electron chi connectivity index (χ1n) is 5.85. The smallest absolute Gasteiger partial charge is 0.251 e. The van der Waals surface area contributed by atoms with Gasteiger partial charge in [0.2, 0.25) is 0 Å². The van der Waals surface area contributed by atoms with E-state index in [0.29, 0.717) is 16.9 Å². The summed E-state index contributed by atoms with van der Waals surface area (Å²) in [5.74, 6) is -1.69. The van der Waals surface area contributed by atoms with E-state index >= 15 is 0 Å². The summed E-state index contributed by atoms with van der Waals surface area (Å²) in [7, 11) is 1.51. The fourth-order valence-electron chi connectivity index (χ4n) is 1.69.